The lowest BCUT2D eigenvalue weighted by atomic mass is 10.0. The summed E-state index contributed by atoms with van der Waals surface area (Å²) >= 11 is 0. The Balaban J connectivity index is 2.11. The molecule has 0 atom stereocenters. The molecule has 0 saturated carbocycles. The van der Waals surface area contributed by atoms with Crippen LogP contribution in [0.4, 0.5) is 0 Å². The maximum absolute atomic E-state index is 13.8. The maximum atomic E-state index is 13.8. The van der Waals surface area contributed by atoms with Crippen molar-refractivity contribution in [2.24, 2.45) is 0 Å². The summed E-state index contributed by atoms with van der Waals surface area (Å²) in [4.78, 5) is 44.4. The van der Waals surface area contributed by atoms with Crippen molar-refractivity contribution in [3.8, 4) is 0 Å². The number of nitrogens with zero attached hydrogens (tertiary/aromatic N) is 2. The highest BCUT2D eigenvalue weighted by atomic mass is 16.5. The Bertz CT molecular complexity index is 1590. The third-order valence-electron chi connectivity index (χ3n) is 5.67. The Labute approximate surface area is 188 Å². The van der Waals surface area contributed by atoms with Gasteiger partial charge in [-0.3, -0.25) is 9.78 Å². The van der Waals surface area contributed by atoms with Crippen LogP contribution in [0.3, 0.4) is 0 Å². The molecular formula is C26H18N2O5. The van der Waals surface area contributed by atoms with E-state index in [2.05, 4.69) is 4.98 Å². The molecule has 3 aromatic heterocycles. The number of hydrogen-bond acceptors (Lipinski definition) is 6. The van der Waals surface area contributed by atoms with Gasteiger partial charge in [0.2, 0.25) is 5.78 Å². The van der Waals surface area contributed by atoms with Gasteiger partial charge >= 0.3 is 11.9 Å². The molecule has 7 nitrogen and oxygen atoms in total. The molecule has 3 heterocycles. The lowest BCUT2D eigenvalue weighted by Gasteiger charge is -2.11. The summed E-state index contributed by atoms with van der Waals surface area (Å²) in [5.41, 5.74) is 1.60. The molecule has 0 aliphatic rings. The van der Waals surface area contributed by atoms with Gasteiger partial charge in [0.1, 0.15) is 16.8 Å². The first-order valence-electron chi connectivity index (χ1n) is 10.2. The van der Waals surface area contributed by atoms with Crippen LogP contribution in [-0.4, -0.2) is 41.3 Å². The van der Waals surface area contributed by atoms with Crippen molar-refractivity contribution in [2.75, 3.05) is 14.2 Å². The maximum Gasteiger partial charge on any atom is 0.341 e. The molecule has 7 heteroatoms. The molecule has 0 aliphatic heterocycles. The molecule has 33 heavy (non-hydrogen) atoms. The molecule has 0 spiro atoms. The summed E-state index contributed by atoms with van der Waals surface area (Å²) in [6.45, 7) is 0. The zero-order chi connectivity index (χ0) is 23.1. The number of rotatable bonds is 4. The number of carbonyl (C=O) groups is 3. The first-order valence-corrected chi connectivity index (χ1v) is 10.2. The molecule has 0 amide bonds. The molecule has 0 N–H and O–H groups in total. The van der Waals surface area contributed by atoms with E-state index in [-0.39, 0.29) is 16.8 Å². The highest BCUT2D eigenvalue weighted by Gasteiger charge is 2.35. The number of pyridine rings is 2. The van der Waals surface area contributed by atoms with Gasteiger partial charge in [0.15, 0.2) is 0 Å². The van der Waals surface area contributed by atoms with Crippen LogP contribution in [0.1, 0.15) is 36.8 Å². The topological polar surface area (TPSA) is 87.0 Å². The fraction of sp³-hybridized carbons (Fsp3) is 0.0769. The summed E-state index contributed by atoms with van der Waals surface area (Å²) in [6.07, 6.45) is 1.60. The van der Waals surface area contributed by atoms with Crippen LogP contribution in [0.25, 0.3) is 27.3 Å². The van der Waals surface area contributed by atoms with E-state index in [0.29, 0.717) is 22.1 Å². The van der Waals surface area contributed by atoms with Gasteiger partial charge in [-0.05, 0) is 12.1 Å². The Morgan fingerprint density at radius 2 is 1.39 bits per heavy atom. The summed E-state index contributed by atoms with van der Waals surface area (Å²) in [5.74, 6) is -2.00. The van der Waals surface area contributed by atoms with Crippen molar-refractivity contribution < 1.29 is 23.9 Å². The predicted octanol–water partition coefficient (Wildman–Crippen LogP) is 4.44. The molecule has 5 aromatic rings. The molecule has 0 fully saturated rings. The second-order valence-electron chi connectivity index (χ2n) is 7.38. The van der Waals surface area contributed by atoms with Crippen LogP contribution in [0, 0.1) is 0 Å². The fourth-order valence-electron chi connectivity index (χ4n) is 4.29. The van der Waals surface area contributed by atoms with Crippen molar-refractivity contribution in [3.63, 3.8) is 0 Å². The minimum atomic E-state index is -0.813. The number of ketones is 1. The number of aromatic nitrogens is 2. The lowest BCUT2D eigenvalue weighted by Crippen LogP contribution is -2.15. The molecule has 0 aliphatic carbocycles. The number of esters is 2. The first-order chi connectivity index (χ1) is 16.1. The second kappa shape index (κ2) is 7.87. The van der Waals surface area contributed by atoms with Crippen molar-refractivity contribution >= 4 is 45.0 Å². The monoisotopic (exact) mass is 438 g/mol. The quantitative estimate of drug-likeness (QED) is 0.234. The normalized spacial score (nSPS) is 11.1. The standard InChI is InChI=1S/C26H18N2O5/c1-32-25(30)19-20(26(31)33-2)23(24(29)15-9-4-3-5-10-15)28-18-13-7-6-11-16(18)17-12-8-14-27-21(17)22(19)28/h3-14H,1-2H3. The van der Waals surface area contributed by atoms with E-state index in [9.17, 15) is 14.4 Å². The number of methoxy groups -OCH3 is 2. The smallest absolute Gasteiger partial charge is 0.341 e. The number of fused-ring (bicyclic) bond motifs is 6. The van der Waals surface area contributed by atoms with Gasteiger partial charge in [0, 0.05) is 22.5 Å². The van der Waals surface area contributed by atoms with E-state index < -0.39 is 17.7 Å². The van der Waals surface area contributed by atoms with Gasteiger partial charge in [0.25, 0.3) is 0 Å². The zero-order valence-corrected chi connectivity index (χ0v) is 17.9. The molecule has 5 rings (SSSR count). The predicted molar refractivity (Wildman–Crippen MR) is 123 cm³/mol. The van der Waals surface area contributed by atoms with Gasteiger partial charge in [-0.1, -0.05) is 54.6 Å². The Morgan fingerprint density at radius 1 is 0.758 bits per heavy atom. The van der Waals surface area contributed by atoms with E-state index in [1.807, 2.05) is 30.3 Å². The zero-order valence-electron chi connectivity index (χ0n) is 17.9. The molecule has 0 bridgehead atoms. The van der Waals surface area contributed by atoms with Gasteiger partial charge in [0.05, 0.1) is 30.8 Å². The lowest BCUT2D eigenvalue weighted by molar-refractivity contribution is 0.0556. The van der Waals surface area contributed by atoms with E-state index >= 15 is 0 Å². The molecular weight excluding hydrogens is 420 g/mol. The largest absolute Gasteiger partial charge is 0.465 e. The van der Waals surface area contributed by atoms with Crippen LogP contribution in [-0.2, 0) is 9.47 Å². The number of hydrogen-bond donors (Lipinski definition) is 0. The third-order valence-corrected chi connectivity index (χ3v) is 5.67. The summed E-state index contributed by atoms with van der Waals surface area (Å²) < 4.78 is 11.7. The number of para-hydroxylation sites is 1. The molecule has 162 valence electrons. The molecule has 0 unspecified atom stereocenters. The number of ether oxygens (including phenoxy) is 2. The highest BCUT2D eigenvalue weighted by molar-refractivity contribution is 6.25. The van der Waals surface area contributed by atoms with Crippen LogP contribution in [0.2, 0.25) is 0 Å². The van der Waals surface area contributed by atoms with Gasteiger partial charge in [-0.25, -0.2) is 9.59 Å². The van der Waals surface area contributed by atoms with Crippen molar-refractivity contribution in [1.29, 1.82) is 0 Å². The van der Waals surface area contributed by atoms with E-state index in [0.717, 1.165) is 10.8 Å². The van der Waals surface area contributed by atoms with E-state index in [1.54, 1.807) is 47.0 Å². The van der Waals surface area contributed by atoms with Crippen molar-refractivity contribution in [2.45, 2.75) is 0 Å². The van der Waals surface area contributed by atoms with Crippen LogP contribution in [0.5, 0.6) is 0 Å². The molecule has 0 saturated heterocycles. The van der Waals surface area contributed by atoms with E-state index in [4.69, 9.17) is 9.47 Å². The van der Waals surface area contributed by atoms with E-state index in [1.165, 1.54) is 14.2 Å². The molecule has 2 aromatic carbocycles. The van der Waals surface area contributed by atoms with Crippen molar-refractivity contribution in [1.82, 2.24) is 9.38 Å². The minimum absolute atomic E-state index is 0.0206. The summed E-state index contributed by atoms with van der Waals surface area (Å²) in [6, 6.07) is 19.7. The second-order valence-corrected chi connectivity index (χ2v) is 7.38. The fourth-order valence-corrected chi connectivity index (χ4v) is 4.29. The highest BCUT2D eigenvalue weighted by Crippen LogP contribution is 2.36. The van der Waals surface area contributed by atoms with Crippen LogP contribution in [0.15, 0.2) is 72.9 Å². The van der Waals surface area contributed by atoms with Crippen LogP contribution < -0.4 is 0 Å². The SMILES string of the molecule is COC(=O)c1c(C(=O)OC)c2c3ncccc3c3ccccc3n2c1C(=O)c1ccccc1. The van der Waals surface area contributed by atoms with Crippen molar-refractivity contribution in [3.05, 3.63) is 95.3 Å². The summed E-state index contributed by atoms with van der Waals surface area (Å²) in [7, 11) is 2.43. The first kappa shape index (κ1) is 20.4. The van der Waals surface area contributed by atoms with Gasteiger partial charge in [-0.15, -0.1) is 0 Å². The van der Waals surface area contributed by atoms with Gasteiger partial charge in [-0.2, -0.15) is 0 Å². The Hall–Kier alpha value is -4.52. The average Bonchev–Trinajstić information content (AvgIpc) is 3.24. The van der Waals surface area contributed by atoms with Gasteiger partial charge < -0.3 is 13.9 Å². The Morgan fingerprint density at radius 3 is 2.12 bits per heavy atom. The summed E-state index contributed by atoms with van der Waals surface area (Å²) in [5, 5.41) is 1.59. The third kappa shape index (κ3) is 2.97. The Kier molecular flexibility index (Phi) is 4.86. The number of benzene rings is 2. The average molecular weight is 438 g/mol. The minimum Gasteiger partial charge on any atom is -0.465 e. The van der Waals surface area contributed by atoms with Crippen LogP contribution >= 0.6 is 0 Å². The number of carbonyl (C=O) groups excluding carboxylic acids is 3. The molecule has 0 radical (unpaired) electrons.